The maximum absolute atomic E-state index is 12.6. The number of carbonyl (C=O) groups excluding carboxylic acids is 1. The number of rotatable bonds is 2. The summed E-state index contributed by atoms with van der Waals surface area (Å²) in [5.74, 6) is -0.322. The first-order valence-corrected chi connectivity index (χ1v) is 8.41. The number of para-hydroxylation sites is 2. The molecule has 0 atom stereocenters. The molecular weight excluding hydrogens is 306 g/mol. The Bertz CT molecular complexity index is 950. The maximum Gasteiger partial charge on any atom is 0.277 e. The van der Waals surface area contributed by atoms with E-state index in [9.17, 15) is 9.59 Å². The van der Waals surface area contributed by atoms with Gasteiger partial charge in [-0.3, -0.25) is 9.59 Å². The molecule has 0 radical (unpaired) electrons. The Balaban J connectivity index is 1.73. The van der Waals surface area contributed by atoms with Crippen LogP contribution in [0.25, 0.3) is 16.6 Å². The van der Waals surface area contributed by atoms with Gasteiger partial charge in [-0.2, -0.15) is 0 Å². The number of carbonyl (C=O) groups is 1. The number of aromatic amines is 1. The van der Waals surface area contributed by atoms with Gasteiger partial charge in [0.25, 0.3) is 11.5 Å². The Morgan fingerprint density at radius 1 is 1.17 bits per heavy atom. The minimum absolute atomic E-state index is 0.0891. The van der Waals surface area contributed by atoms with E-state index in [-0.39, 0.29) is 28.7 Å². The fraction of sp³-hybridized carbons (Fsp3) is 0.412. The second kappa shape index (κ2) is 6.07. The van der Waals surface area contributed by atoms with Gasteiger partial charge in [-0.25, -0.2) is 4.52 Å². The van der Waals surface area contributed by atoms with Crippen LogP contribution in [0.1, 0.15) is 49.0 Å². The fourth-order valence-electron chi connectivity index (χ4n) is 3.43. The van der Waals surface area contributed by atoms with Gasteiger partial charge in [0, 0.05) is 6.04 Å². The number of fused-ring (bicyclic) bond motifs is 3. The van der Waals surface area contributed by atoms with Crippen LogP contribution >= 0.6 is 0 Å². The Kier molecular flexibility index (Phi) is 3.76. The number of nitrogens with zero attached hydrogens (tertiary/aromatic N) is 3. The molecule has 24 heavy (non-hydrogen) atoms. The summed E-state index contributed by atoms with van der Waals surface area (Å²) in [6.45, 7) is 0. The molecule has 124 valence electrons. The van der Waals surface area contributed by atoms with Crippen molar-refractivity contribution < 1.29 is 4.79 Å². The molecule has 1 aromatic carbocycles. The quantitative estimate of drug-likeness (QED) is 0.705. The SMILES string of the molecule is O=C(NC1CCCCCC1)c1nnn2c1c(=O)[nH]c1ccccc12. The standard InChI is InChI=1S/C17H19N5O2/c23-16(18-11-7-3-1-2-4-8-11)14-15-17(24)19-12-9-5-6-10-13(12)22(15)21-20-14/h5-6,9-11H,1-4,7-8H2,(H,18,23)(H,19,24). The van der Waals surface area contributed by atoms with E-state index in [2.05, 4.69) is 20.6 Å². The highest BCUT2D eigenvalue weighted by Crippen LogP contribution is 2.18. The van der Waals surface area contributed by atoms with Crippen molar-refractivity contribution >= 4 is 22.5 Å². The number of benzene rings is 1. The lowest BCUT2D eigenvalue weighted by Crippen LogP contribution is -2.35. The largest absolute Gasteiger partial charge is 0.348 e. The summed E-state index contributed by atoms with van der Waals surface area (Å²) >= 11 is 0. The predicted octanol–water partition coefficient (Wildman–Crippen LogP) is 2.02. The van der Waals surface area contributed by atoms with Crippen molar-refractivity contribution in [2.45, 2.75) is 44.6 Å². The molecule has 0 aliphatic heterocycles. The van der Waals surface area contributed by atoms with Gasteiger partial charge in [-0.1, -0.05) is 43.0 Å². The topological polar surface area (TPSA) is 92.2 Å². The number of nitrogens with one attached hydrogen (secondary N) is 2. The van der Waals surface area contributed by atoms with Crippen LogP contribution < -0.4 is 10.9 Å². The van der Waals surface area contributed by atoms with Crippen LogP contribution in [-0.4, -0.2) is 31.8 Å². The normalized spacial score (nSPS) is 16.3. The Morgan fingerprint density at radius 2 is 1.92 bits per heavy atom. The van der Waals surface area contributed by atoms with Crippen molar-refractivity contribution in [1.29, 1.82) is 0 Å². The van der Waals surface area contributed by atoms with Gasteiger partial charge in [0.1, 0.15) is 0 Å². The van der Waals surface area contributed by atoms with Crippen molar-refractivity contribution in [3.63, 3.8) is 0 Å². The van der Waals surface area contributed by atoms with Gasteiger partial charge in [-0.05, 0) is 25.0 Å². The molecule has 7 nitrogen and oxygen atoms in total. The predicted molar refractivity (Wildman–Crippen MR) is 90.1 cm³/mol. The second-order valence-electron chi connectivity index (χ2n) is 6.33. The van der Waals surface area contributed by atoms with E-state index in [0.717, 1.165) is 25.7 Å². The van der Waals surface area contributed by atoms with Crippen molar-refractivity contribution in [2.24, 2.45) is 0 Å². The highest BCUT2D eigenvalue weighted by molar-refractivity contribution is 5.99. The second-order valence-corrected chi connectivity index (χ2v) is 6.33. The van der Waals surface area contributed by atoms with Crippen LogP contribution in [0.5, 0.6) is 0 Å². The molecule has 1 aliphatic carbocycles. The van der Waals surface area contributed by atoms with Gasteiger partial charge < -0.3 is 10.3 Å². The number of H-pyrrole nitrogens is 1. The Hall–Kier alpha value is -2.70. The highest BCUT2D eigenvalue weighted by atomic mass is 16.2. The van der Waals surface area contributed by atoms with E-state index in [1.165, 1.54) is 17.4 Å². The molecular formula is C17H19N5O2. The molecule has 0 bridgehead atoms. The van der Waals surface area contributed by atoms with E-state index in [0.29, 0.717) is 11.0 Å². The smallest absolute Gasteiger partial charge is 0.277 e. The zero-order valence-electron chi connectivity index (χ0n) is 13.3. The first kappa shape index (κ1) is 14.9. The lowest BCUT2D eigenvalue weighted by atomic mass is 10.1. The molecule has 1 amide bonds. The fourth-order valence-corrected chi connectivity index (χ4v) is 3.43. The van der Waals surface area contributed by atoms with Crippen molar-refractivity contribution in [3.8, 4) is 0 Å². The van der Waals surface area contributed by atoms with Gasteiger partial charge >= 0.3 is 0 Å². The van der Waals surface area contributed by atoms with Crippen LogP contribution in [0.3, 0.4) is 0 Å². The summed E-state index contributed by atoms with van der Waals surface area (Å²) in [6.07, 6.45) is 6.63. The van der Waals surface area contributed by atoms with E-state index >= 15 is 0 Å². The van der Waals surface area contributed by atoms with Crippen LogP contribution in [0.2, 0.25) is 0 Å². The maximum atomic E-state index is 12.6. The number of aromatic nitrogens is 4. The average molecular weight is 325 g/mol. The molecule has 3 aromatic rings. The minimum Gasteiger partial charge on any atom is -0.348 e. The molecule has 4 rings (SSSR count). The lowest BCUT2D eigenvalue weighted by Gasteiger charge is -2.15. The molecule has 0 spiro atoms. The molecule has 1 saturated carbocycles. The van der Waals surface area contributed by atoms with Crippen LogP contribution in [0, 0.1) is 0 Å². The molecule has 1 fully saturated rings. The first-order chi connectivity index (χ1) is 11.7. The van der Waals surface area contributed by atoms with Gasteiger partial charge in [0.2, 0.25) is 0 Å². The summed E-state index contributed by atoms with van der Waals surface area (Å²) in [6, 6.07) is 7.47. The number of hydrogen-bond acceptors (Lipinski definition) is 4. The Labute approximate surface area is 138 Å². The van der Waals surface area contributed by atoms with Gasteiger partial charge in [-0.15, -0.1) is 5.10 Å². The lowest BCUT2D eigenvalue weighted by molar-refractivity contribution is 0.0930. The third-order valence-corrected chi connectivity index (χ3v) is 4.67. The summed E-state index contributed by atoms with van der Waals surface area (Å²) in [5, 5.41) is 11.0. The summed E-state index contributed by atoms with van der Waals surface area (Å²) < 4.78 is 1.44. The van der Waals surface area contributed by atoms with E-state index in [4.69, 9.17) is 0 Å². The zero-order chi connectivity index (χ0) is 16.5. The molecule has 1 aliphatic rings. The summed E-state index contributed by atoms with van der Waals surface area (Å²) in [7, 11) is 0. The zero-order valence-corrected chi connectivity index (χ0v) is 13.3. The monoisotopic (exact) mass is 325 g/mol. The van der Waals surface area contributed by atoms with Crippen molar-refractivity contribution in [3.05, 3.63) is 40.3 Å². The van der Waals surface area contributed by atoms with Crippen molar-refractivity contribution in [2.75, 3.05) is 0 Å². The summed E-state index contributed by atoms with van der Waals surface area (Å²) in [4.78, 5) is 27.8. The average Bonchev–Trinajstić information content (AvgIpc) is 2.89. The minimum atomic E-state index is -0.357. The van der Waals surface area contributed by atoms with E-state index < -0.39 is 0 Å². The molecule has 2 heterocycles. The molecule has 7 heteroatoms. The van der Waals surface area contributed by atoms with Gasteiger partial charge in [0.05, 0.1) is 11.0 Å². The molecule has 2 aromatic heterocycles. The number of amides is 1. The van der Waals surface area contributed by atoms with E-state index in [1.807, 2.05) is 18.2 Å². The summed E-state index contributed by atoms with van der Waals surface area (Å²) in [5.41, 5.74) is 1.31. The molecule has 2 N–H and O–H groups in total. The molecule has 0 unspecified atom stereocenters. The van der Waals surface area contributed by atoms with Crippen LogP contribution in [0.15, 0.2) is 29.1 Å². The van der Waals surface area contributed by atoms with Gasteiger partial charge in [0.15, 0.2) is 11.2 Å². The Morgan fingerprint density at radius 3 is 2.71 bits per heavy atom. The van der Waals surface area contributed by atoms with E-state index in [1.54, 1.807) is 6.07 Å². The third-order valence-electron chi connectivity index (χ3n) is 4.67. The third kappa shape index (κ3) is 2.55. The van der Waals surface area contributed by atoms with Crippen LogP contribution in [-0.2, 0) is 0 Å². The first-order valence-electron chi connectivity index (χ1n) is 8.41. The highest BCUT2D eigenvalue weighted by Gasteiger charge is 2.22. The molecule has 0 saturated heterocycles. The van der Waals surface area contributed by atoms with Crippen molar-refractivity contribution in [1.82, 2.24) is 25.1 Å². The number of hydrogen-bond donors (Lipinski definition) is 2. The van der Waals surface area contributed by atoms with Crippen LogP contribution in [0.4, 0.5) is 0 Å².